The molecule has 0 atom stereocenters. The second-order valence-electron chi connectivity index (χ2n) is 6.90. The summed E-state index contributed by atoms with van der Waals surface area (Å²) in [6, 6.07) is 12.2. The Kier molecular flexibility index (Phi) is 6.02. The molecular weight excluding hydrogens is 444 g/mol. The number of carbonyl (C=O) groups excluding carboxylic acids is 1. The SMILES string of the molecule is CCOc1ccc(NC(=O)c2sc3ccccc3c2Cl)cc1S(=O)(=O)N1CCCC1. The van der Waals surface area contributed by atoms with E-state index in [0.29, 0.717) is 35.3 Å². The summed E-state index contributed by atoms with van der Waals surface area (Å²) in [6.07, 6.45) is 1.67. The third-order valence-corrected chi connectivity index (χ3v) is 8.52. The van der Waals surface area contributed by atoms with Gasteiger partial charge in [-0.05, 0) is 44.0 Å². The first-order chi connectivity index (χ1) is 14.4. The van der Waals surface area contributed by atoms with Gasteiger partial charge in [0.05, 0.1) is 11.6 Å². The number of benzene rings is 2. The van der Waals surface area contributed by atoms with Crippen molar-refractivity contribution in [2.45, 2.75) is 24.7 Å². The molecule has 1 N–H and O–H groups in total. The Morgan fingerprint density at radius 3 is 2.63 bits per heavy atom. The van der Waals surface area contributed by atoms with Gasteiger partial charge in [0, 0.05) is 28.9 Å². The van der Waals surface area contributed by atoms with Gasteiger partial charge in [0.25, 0.3) is 5.91 Å². The van der Waals surface area contributed by atoms with Gasteiger partial charge in [-0.1, -0.05) is 29.8 Å². The van der Waals surface area contributed by atoms with Crippen molar-refractivity contribution in [3.63, 3.8) is 0 Å². The molecule has 1 fully saturated rings. The Balaban J connectivity index is 1.67. The summed E-state index contributed by atoms with van der Waals surface area (Å²) in [5.74, 6) is -0.0998. The number of sulfonamides is 1. The maximum atomic E-state index is 13.1. The Morgan fingerprint density at radius 1 is 1.20 bits per heavy atom. The molecule has 3 aromatic rings. The van der Waals surface area contributed by atoms with Gasteiger partial charge < -0.3 is 10.1 Å². The molecule has 0 spiro atoms. The zero-order valence-electron chi connectivity index (χ0n) is 16.4. The highest BCUT2D eigenvalue weighted by molar-refractivity contribution is 7.89. The molecule has 6 nitrogen and oxygen atoms in total. The van der Waals surface area contributed by atoms with Crippen molar-refractivity contribution in [3.8, 4) is 5.75 Å². The number of hydrogen-bond acceptors (Lipinski definition) is 5. The fraction of sp³-hybridized carbons (Fsp3) is 0.286. The Bertz CT molecular complexity index is 1200. The van der Waals surface area contributed by atoms with Crippen LogP contribution in [0.3, 0.4) is 0 Å². The molecule has 0 radical (unpaired) electrons. The van der Waals surface area contributed by atoms with Crippen LogP contribution in [0.2, 0.25) is 5.02 Å². The second-order valence-corrected chi connectivity index (χ2v) is 10.2. The monoisotopic (exact) mass is 464 g/mol. The summed E-state index contributed by atoms with van der Waals surface area (Å²) < 4.78 is 34.2. The molecule has 9 heteroatoms. The number of hydrogen-bond donors (Lipinski definition) is 1. The van der Waals surface area contributed by atoms with Crippen LogP contribution in [0, 0.1) is 0 Å². The van der Waals surface area contributed by atoms with Crippen LogP contribution >= 0.6 is 22.9 Å². The zero-order chi connectivity index (χ0) is 21.3. The van der Waals surface area contributed by atoms with Crippen LogP contribution in [-0.2, 0) is 10.0 Å². The van der Waals surface area contributed by atoms with Crippen LogP contribution in [0.25, 0.3) is 10.1 Å². The molecular formula is C21H21ClN2O4S2. The maximum absolute atomic E-state index is 13.1. The number of thiophene rings is 1. The van der Waals surface area contributed by atoms with Crippen LogP contribution in [0.4, 0.5) is 5.69 Å². The predicted molar refractivity (Wildman–Crippen MR) is 120 cm³/mol. The number of amides is 1. The van der Waals surface area contributed by atoms with Gasteiger partial charge in [0.15, 0.2) is 0 Å². The second kappa shape index (κ2) is 8.55. The molecule has 1 aliphatic rings. The van der Waals surface area contributed by atoms with Gasteiger partial charge in [-0.2, -0.15) is 4.31 Å². The van der Waals surface area contributed by atoms with Gasteiger partial charge in [-0.15, -0.1) is 11.3 Å². The number of anilines is 1. The first-order valence-electron chi connectivity index (χ1n) is 9.67. The summed E-state index contributed by atoms with van der Waals surface area (Å²) in [6.45, 7) is 3.11. The van der Waals surface area contributed by atoms with Crippen molar-refractivity contribution < 1.29 is 17.9 Å². The minimum absolute atomic E-state index is 0.0616. The fourth-order valence-electron chi connectivity index (χ4n) is 3.48. The number of halogens is 1. The van der Waals surface area contributed by atoms with Crippen LogP contribution in [-0.4, -0.2) is 38.3 Å². The van der Waals surface area contributed by atoms with Crippen molar-refractivity contribution in [3.05, 3.63) is 52.4 Å². The van der Waals surface area contributed by atoms with Crippen LogP contribution in [0.1, 0.15) is 29.4 Å². The van der Waals surface area contributed by atoms with Gasteiger partial charge in [0.1, 0.15) is 15.5 Å². The molecule has 30 heavy (non-hydrogen) atoms. The van der Waals surface area contributed by atoms with E-state index in [4.69, 9.17) is 16.3 Å². The van der Waals surface area contributed by atoms with Gasteiger partial charge in [-0.25, -0.2) is 8.42 Å². The van der Waals surface area contributed by atoms with Crippen molar-refractivity contribution in [2.24, 2.45) is 0 Å². The number of nitrogens with zero attached hydrogens (tertiary/aromatic N) is 1. The highest BCUT2D eigenvalue weighted by Crippen LogP contribution is 2.36. The van der Waals surface area contributed by atoms with Gasteiger partial charge in [-0.3, -0.25) is 4.79 Å². The van der Waals surface area contributed by atoms with Crippen LogP contribution in [0.5, 0.6) is 5.75 Å². The molecule has 0 bridgehead atoms. The van der Waals surface area contributed by atoms with Crippen molar-refractivity contribution in [2.75, 3.05) is 25.0 Å². The van der Waals surface area contributed by atoms with E-state index in [1.165, 1.54) is 21.7 Å². The zero-order valence-corrected chi connectivity index (χ0v) is 18.7. The minimum atomic E-state index is -3.71. The Hall–Kier alpha value is -2.13. The highest BCUT2D eigenvalue weighted by atomic mass is 35.5. The highest BCUT2D eigenvalue weighted by Gasteiger charge is 2.30. The number of nitrogens with one attached hydrogen (secondary N) is 1. The van der Waals surface area contributed by atoms with Crippen LogP contribution < -0.4 is 10.1 Å². The minimum Gasteiger partial charge on any atom is -0.492 e. The molecule has 2 heterocycles. The van der Waals surface area contributed by atoms with Crippen molar-refractivity contribution >= 4 is 54.6 Å². The number of ether oxygens (including phenoxy) is 1. The van der Waals surface area contributed by atoms with Crippen LogP contribution in [0.15, 0.2) is 47.4 Å². The Labute approximate surface area is 184 Å². The Morgan fingerprint density at radius 2 is 1.93 bits per heavy atom. The first kappa shape index (κ1) is 21.1. The quantitative estimate of drug-likeness (QED) is 0.557. The summed E-state index contributed by atoms with van der Waals surface area (Å²) >= 11 is 7.70. The first-order valence-corrected chi connectivity index (χ1v) is 12.3. The van der Waals surface area contributed by atoms with Gasteiger partial charge >= 0.3 is 0 Å². The number of fused-ring (bicyclic) bond motifs is 1. The lowest BCUT2D eigenvalue weighted by atomic mass is 10.2. The topological polar surface area (TPSA) is 75.7 Å². The lowest BCUT2D eigenvalue weighted by molar-refractivity contribution is 0.103. The molecule has 2 aromatic carbocycles. The molecule has 0 aliphatic carbocycles. The van der Waals surface area contributed by atoms with E-state index in [9.17, 15) is 13.2 Å². The van der Waals surface area contributed by atoms with Crippen molar-refractivity contribution in [1.82, 2.24) is 4.31 Å². The largest absolute Gasteiger partial charge is 0.492 e. The molecule has 1 aromatic heterocycles. The predicted octanol–water partition coefficient (Wildman–Crippen LogP) is 4.99. The molecule has 158 valence electrons. The van der Waals surface area contributed by atoms with E-state index in [2.05, 4.69) is 5.32 Å². The smallest absolute Gasteiger partial charge is 0.267 e. The standard InChI is InChI=1S/C21H21ClN2O4S2/c1-2-28-16-10-9-14(13-18(16)30(26,27)24-11-5-6-12-24)23-21(25)20-19(22)15-7-3-4-8-17(15)29-20/h3-4,7-10,13H,2,5-6,11-12H2,1H3,(H,23,25). The number of carbonyl (C=O) groups is 1. The fourth-order valence-corrected chi connectivity index (χ4v) is 6.56. The molecule has 0 saturated carbocycles. The maximum Gasteiger partial charge on any atom is 0.267 e. The molecule has 1 saturated heterocycles. The van der Waals surface area contributed by atoms with E-state index in [0.717, 1.165) is 22.9 Å². The average molecular weight is 465 g/mol. The third kappa shape index (κ3) is 3.92. The average Bonchev–Trinajstić information content (AvgIpc) is 3.39. The lowest BCUT2D eigenvalue weighted by Gasteiger charge is -2.19. The normalized spacial score (nSPS) is 14.9. The summed E-state index contributed by atoms with van der Waals surface area (Å²) in [4.78, 5) is 13.3. The molecule has 1 aliphatic heterocycles. The van der Waals surface area contributed by atoms with Gasteiger partial charge in [0.2, 0.25) is 10.0 Å². The summed E-state index contributed by atoms with van der Waals surface area (Å²) in [5, 5.41) is 3.99. The molecule has 4 rings (SSSR count). The third-order valence-electron chi connectivity index (χ3n) is 4.93. The van der Waals surface area contributed by atoms with E-state index < -0.39 is 10.0 Å². The molecule has 0 unspecified atom stereocenters. The van der Waals surface area contributed by atoms with E-state index >= 15 is 0 Å². The van der Waals surface area contributed by atoms with E-state index in [1.54, 1.807) is 19.1 Å². The van der Waals surface area contributed by atoms with E-state index in [-0.39, 0.29) is 16.6 Å². The van der Waals surface area contributed by atoms with Crippen molar-refractivity contribution in [1.29, 1.82) is 0 Å². The summed E-state index contributed by atoms with van der Waals surface area (Å²) in [5.41, 5.74) is 0.370. The van der Waals surface area contributed by atoms with E-state index in [1.807, 2.05) is 24.3 Å². The lowest BCUT2D eigenvalue weighted by Crippen LogP contribution is -2.28. The summed E-state index contributed by atoms with van der Waals surface area (Å²) in [7, 11) is -3.71. The molecule has 1 amide bonds. The number of rotatable bonds is 6.